The highest BCUT2D eigenvalue weighted by Gasteiger charge is 2.45. The van der Waals surface area contributed by atoms with Gasteiger partial charge in [0.15, 0.2) is 0 Å². The van der Waals surface area contributed by atoms with Gasteiger partial charge in [0.05, 0.1) is 24.7 Å². The van der Waals surface area contributed by atoms with Gasteiger partial charge in [-0.2, -0.15) is 0 Å². The maximum absolute atomic E-state index is 13.3. The SMILES string of the molecule is COCCOC(=O)c1c(C)[nH]c(C(=O)N2CCC(C(=O)OC)(c3ccccc3)CC2)c1C. The van der Waals surface area contributed by atoms with Crippen molar-refractivity contribution in [1.29, 1.82) is 0 Å². The van der Waals surface area contributed by atoms with Crippen LogP contribution in [0.5, 0.6) is 0 Å². The zero-order valence-electron chi connectivity index (χ0n) is 19.0. The molecule has 1 aliphatic heterocycles. The number of aryl methyl sites for hydroxylation is 1. The number of likely N-dealkylation sites (tertiary alicyclic amines) is 1. The second-order valence-corrected chi connectivity index (χ2v) is 7.99. The molecular formula is C24H30N2O6. The molecule has 1 aromatic carbocycles. The fourth-order valence-electron chi connectivity index (χ4n) is 4.37. The second kappa shape index (κ2) is 9.99. The van der Waals surface area contributed by atoms with Crippen LogP contribution in [-0.2, 0) is 24.4 Å². The third kappa shape index (κ3) is 4.41. The van der Waals surface area contributed by atoms with Crippen molar-refractivity contribution in [1.82, 2.24) is 9.88 Å². The minimum Gasteiger partial charge on any atom is -0.468 e. The molecule has 1 N–H and O–H groups in total. The van der Waals surface area contributed by atoms with Crippen LogP contribution in [0, 0.1) is 13.8 Å². The number of hydrogen-bond acceptors (Lipinski definition) is 6. The fourth-order valence-corrected chi connectivity index (χ4v) is 4.37. The first-order chi connectivity index (χ1) is 15.4. The Hall–Kier alpha value is -3.13. The third-order valence-electron chi connectivity index (χ3n) is 6.18. The molecular weight excluding hydrogens is 412 g/mol. The summed E-state index contributed by atoms with van der Waals surface area (Å²) in [7, 11) is 2.92. The summed E-state index contributed by atoms with van der Waals surface area (Å²) < 4.78 is 15.3. The summed E-state index contributed by atoms with van der Waals surface area (Å²) in [5, 5.41) is 0. The molecule has 8 heteroatoms. The van der Waals surface area contributed by atoms with Gasteiger partial charge in [0.1, 0.15) is 12.3 Å². The number of amides is 1. The van der Waals surface area contributed by atoms with Crippen LogP contribution in [-0.4, -0.2) is 68.3 Å². The zero-order chi connectivity index (χ0) is 23.3. The number of aromatic nitrogens is 1. The Morgan fingerprint density at radius 3 is 2.28 bits per heavy atom. The Bertz CT molecular complexity index is 974. The molecule has 8 nitrogen and oxygen atoms in total. The van der Waals surface area contributed by atoms with Crippen molar-refractivity contribution in [2.24, 2.45) is 0 Å². The molecule has 2 heterocycles. The molecule has 1 aliphatic rings. The van der Waals surface area contributed by atoms with Crippen molar-refractivity contribution in [3.63, 3.8) is 0 Å². The van der Waals surface area contributed by atoms with Gasteiger partial charge in [0.2, 0.25) is 0 Å². The van der Waals surface area contributed by atoms with Gasteiger partial charge in [-0.1, -0.05) is 30.3 Å². The first-order valence-corrected chi connectivity index (χ1v) is 10.6. The maximum atomic E-state index is 13.3. The highest BCUT2D eigenvalue weighted by atomic mass is 16.6. The molecule has 32 heavy (non-hydrogen) atoms. The topological polar surface area (TPSA) is 97.9 Å². The largest absolute Gasteiger partial charge is 0.468 e. The molecule has 172 valence electrons. The van der Waals surface area contributed by atoms with Gasteiger partial charge in [-0.25, -0.2) is 4.79 Å². The van der Waals surface area contributed by atoms with Crippen molar-refractivity contribution in [3.05, 3.63) is 58.4 Å². The lowest BCUT2D eigenvalue weighted by Crippen LogP contribution is -2.49. The van der Waals surface area contributed by atoms with Crippen molar-refractivity contribution >= 4 is 17.8 Å². The minimum absolute atomic E-state index is 0.143. The fraction of sp³-hybridized carbons (Fsp3) is 0.458. The maximum Gasteiger partial charge on any atom is 0.340 e. The number of esters is 2. The average Bonchev–Trinajstić information content (AvgIpc) is 3.12. The van der Waals surface area contributed by atoms with Crippen molar-refractivity contribution in [2.45, 2.75) is 32.1 Å². The molecule has 0 aliphatic carbocycles. The van der Waals surface area contributed by atoms with Gasteiger partial charge in [-0.3, -0.25) is 9.59 Å². The Morgan fingerprint density at radius 2 is 1.69 bits per heavy atom. The van der Waals surface area contributed by atoms with E-state index in [1.165, 1.54) is 14.2 Å². The number of carbonyl (C=O) groups is 3. The molecule has 0 unspecified atom stereocenters. The van der Waals surface area contributed by atoms with E-state index in [4.69, 9.17) is 14.2 Å². The van der Waals surface area contributed by atoms with Crippen LogP contribution in [0.15, 0.2) is 30.3 Å². The van der Waals surface area contributed by atoms with Gasteiger partial charge >= 0.3 is 11.9 Å². The highest BCUT2D eigenvalue weighted by Crippen LogP contribution is 2.37. The Labute approximate surface area is 187 Å². The van der Waals surface area contributed by atoms with Crippen LogP contribution in [0.4, 0.5) is 0 Å². The predicted octanol–water partition coefficient (Wildman–Crippen LogP) is 2.78. The first kappa shape index (κ1) is 23.5. The smallest absolute Gasteiger partial charge is 0.340 e. The van der Waals surface area contributed by atoms with Gasteiger partial charge in [-0.15, -0.1) is 0 Å². The summed E-state index contributed by atoms with van der Waals surface area (Å²) in [4.78, 5) is 43.2. The van der Waals surface area contributed by atoms with Gasteiger partial charge in [0.25, 0.3) is 5.91 Å². The molecule has 1 saturated heterocycles. The number of methoxy groups -OCH3 is 2. The van der Waals surface area contributed by atoms with E-state index in [2.05, 4.69) is 4.98 Å². The number of aromatic amines is 1. The Balaban J connectivity index is 1.77. The summed E-state index contributed by atoms with van der Waals surface area (Å²) in [6.45, 7) is 4.71. The zero-order valence-corrected chi connectivity index (χ0v) is 19.0. The van der Waals surface area contributed by atoms with Crippen molar-refractivity contribution in [2.75, 3.05) is 40.5 Å². The lowest BCUT2D eigenvalue weighted by Gasteiger charge is -2.40. The molecule has 0 spiro atoms. The van der Waals surface area contributed by atoms with Gasteiger partial charge < -0.3 is 24.1 Å². The van der Waals surface area contributed by atoms with E-state index in [0.29, 0.717) is 55.1 Å². The Morgan fingerprint density at radius 1 is 1.03 bits per heavy atom. The molecule has 2 aromatic rings. The number of H-pyrrole nitrogens is 1. The normalized spacial score (nSPS) is 15.3. The number of ether oxygens (including phenoxy) is 3. The molecule has 0 atom stereocenters. The Kier molecular flexibility index (Phi) is 7.35. The molecule has 3 rings (SSSR count). The number of hydrogen-bond donors (Lipinski definition) is 1. The lowest BCUT2D eigenvalue weighted by molar-refractivity contribution is -0.149. The monoisotopic (exact) mass is 442 g/mol. The number of carbonyl (C=O) groups excluding carboxylic acids is 3. The van der Waals surface area contributed by atoms with Crippen LogP contribution in [0.1, 0.15) is 50.5 Å². The van der Waals surface area contributed by atoms with E-state index in [1.807, 2.05) is 30.3 Å². The van der Waals surface area contributed by atoms with Crippen LogP contribution < -0.4 is 0 Å². The summed E-state index contributed by atoms with van der Waals surface area (Å²) >= 11 is 0. The van der Waals surface area contributed by atoms with Crippen molar-refractivity contribution in [3.8, 4) is 0 Å². The molecule has 1 aromatic heterocycles. The number of benzene rings is 1. The van der Waals surface area contributed by atoms with Gasteiger partial charge in [0, 0.05) is 25.9 Å². The predicted molar refractivity (Wildman–Crippen MR) is 118 cm³/mol. The lowest BCUT2D eigenvalue weighted by atomic mass is 9.72. The quantitative estimate of drug-likeness (QED) is 0.523. The summed E-state index contributed by atoms with van der Waals surface area (Å²) in [5.74, 6) is -0.975. The molecule has 1 amide bonds. The van der Waals surface area contributed by atoms with E-state index in [1.54, 1.807) is 18.7 Å². The van der Waals surface area contributed by atoms with E-state index in [-0.39, 0.29) is 18.5 Å². The van der Waals surface area contributed by atoms with E-state index in [9.17, 15) is 14.4 Å². The third-order valence-corrected chi connectivity index (χ3v) is 6.18. The first-order valence-electron chi connectivity index (χ1n) is 10.6. The van der Waals surface area contributed by atoms with Crippen molar-refractivity contribution < 1.29 is 28.6 Å². The minimum atomic E-state index is -0.774. The van der Waals surface area contributed by atoms with Gasteiger partial charge in [-0.05, 0) is 37.8 Å². The number of rotatable bonds is 7. The van der Waals surface area contributed by atoms with Crippen LogP contribution >= 0.6 is 0 Å². The summed E-state index contributed by atoms with van der Waals surface area (Å²) in [5.41, 5.74) is 2.00. The number of nitrogens with zero attached hydrogens (tertiary/aromatic N) is 1. The van der Waals surface area contributed by atoms with Crippen LogP contribution in [0.3, 0.4) is 0 Å². The highest BCUT2D eigenvalue weighted by molar-refractivity contribution is 6.00. The van der Waals surface area contributed by atoms with Crippen LogP contribution in [0.2, 0.25) is 0 Å². The average molecular weight is 443 g/mol. The molecule has 0 radical (unpaired) electrons. The summed E-state index contributed by atoms with van der Waals surface area (Å²) in [6, 6.07) is 9.55. The molecule has 1 fully saturated rings. The summed E-state index contributed by atoms with van der Waals surface area (Å²) in [6.07, 6.45) is 0.917. The standard InChI is InChI=1S/C24H30N2O6/c1-16-19(22(28)32-15-14-30-3)17(2)25-20(16)21(27)26-12-10-24(11-13-26,23(29)31-4)18-8-6-5-7-9-18/h5-9,25H,10-15H2,1-4H3. The van der Waals surface area contributed by atoms with E-state index in [0.717, 1.165) is 5.56 Å². The molecule has 0 saturated carbocycles. The molecule has 0 bridgehead atoms. The second-order valence-electron chi connectivity index (χ2n) is 7.99. The van der Waals surface area contributed by atoms with E-state index < -0.39 is 11.4 Å². The number of piperidine rings is 1. The van der Waals surface area contributed by atoms with Crippen LogP contribution in [0.25, 0.3) is 0 Å². The number of nitrogens with one attached hydrogen (secondary N) is 1. The van der Waals surface area contributed by atoms with E-state index >= 15 is 0 Å².